The summed E-state index contributed by atoms with van der Waals surface area (Å²) < 4.78 is 62.5. The van der Waals surface area contributed by atoms with Gasteiger partial charge in [0.2, 0.25) is 0 Å². The van der Waals surface area contributed by atoms with Gasteiger partial charge in [-0.25, -0.2) is 21.6 Å². The third-order valence-electron chi connectivity index (χ3n) is 4.20. The Kier molecular flexibility index (Phi) is 5.90. The number of amides is 1. The Morgan fingerprint density at radius 2 is 2.04 bits per heavy atom. The van der Waals surface area contributed by atoms with Gasteiger partial charge in [0.1, 0.15) is 15.7 Å². The number of piperidine rings is 1. The molecule has 1 unspecified atom stereocenters. The molecule has 8 heteroatoms. The second kappa shape index (κ2) is 7.55. The fourth-order valence-electron chi connectivity index (χ4n) is 2.96. The first-order chi connectivity index (χ1) is 11.2. The largest absolute Gasteiger partial charge is 0.336 e. The molecule has 1 aliphatic heterocycles. The highest BCUT2D eigenvalue weighted by Crippen LogP contribution is 2.27. The maximum Gasteiger partial charge on any atom is 0.266 e. The summed E-state index contributed by atoms with van der Waals surface area (Å²) in [6.45, 7) is 0.367. The number of carbonyl (C=O) groups is 1. The molecule has 1 saturated heterocycles. The molecule has 0 saturated carbocycles. The Balaban J connectivity index is 2.24. The van der Waals surface area contributed by atoms with E-state index in [2.05, 4.69) is 0 Å². The summed E-state index contributed by atoms with van der Waals surface area (Å²) in [5.41, 5.74) is -1.19. The SMILES string of the molecule is CS(=O)(=O)CCC1CCCCN1C(=O)c1cccc(C(F)F)c1F. The fraction of sp³-hybridized carbons (Fsp3) is 0.562. The van der Waals surface area contributed by atoms with Gasteiger partial charge in [0.05, 0.1) is 16.9 Å². The standard InChI is InChI=1S/C16H20F3NO3S/c1-24(22,23)10-8-11-5-2-3-9-20(11)16(21)13-7-4-6-12(14(13)17)15(18)19/h4,6-7,11,15H,2-3,5,8-10H2,1H3. The van der Waals surface area contributed by atoms with Gasteiger partial charge in [-0.2, -0.15) is 0 Å². The molecule has 1 atom stereocenters. The van der Waals surface area contributed by atoms with Gasteiger partial charge >= 0.3 is 0 Å². The van der Waals surface area contributed by atoms with E-state index in [1.165, 1.54) is 17.0 Å². The predicted octanol–water partition coefficient (Wildman–Crippen LogP) is 3.19. The van der Waals surface area contributed by atoms with Crippen LogP contribution in [0.1, 0.15) is 48.0 Å². The van der Waals surface area contributed by atoms with Gasteiger partial charge in [0.25, 0.3) is 12.3 Å². The molecule has 1 aliphatic rings. The van der Waals surface area contributed by atoms with E-state index in [1.54, 1.807) is 0 Å². The Morgan fingerprint density at radius 3 is 2.67 bits per heavy atom. The van der Waals surface area contributed by atoms with Crippen LogP contribution in [0.5, 0.6) is 0 Å². The summed E-state index contributed by atoms with van der Waals surface area (Å²) in [5.74, 6) is -1.93. The van der Waals surface area contributed by atoms with Crippen LogP contribution in [0, 0.1) is 5.82 Å². The fourth-order valence-corrected chi connectivity index (χ4v) is 3.66. The topological polar surface area (TPSA) is 54.5 Å². The summed E-state index contributed by atoms with van der Waals surface area (Å²) >= 11 is 0. The van der Waals surface area contributed by atoms with Crippen molar-refractivity contribution in [1.29, 1.82) is 0 Å². The quantitative estimate of drug-likeness (QED) is 0.807. The molecule has 1 amide bonds. The number of rotatable bonds is 5. The first-order valence-electron chi connectivity index (χ1n) is 7.76. The Morgan fingerprint density at radius 1 is 1.33 bits per heavy atom. The van der Waals surface area contributed by atoms with Crippen LogP contribution in [-0.4, -0.2) is 43.8 Å². The molecule has 0 radical (unpaired) electrons. The summed E-state index contributed by atoms with van der Waals surface area (Å²) in [4.78, 5) is 14.0. The van der Waals surface area contributed by atoms with E-state index in [0.29, 0.717) is 13.0 Å². The molecule has 0 bridgehead atoms. The van der Waals surface area contributed by atoms with Crippen LogP contribution >= 0.6 is 0 Å². The van der Waals surface area contributed by atoms with Crippen LogP contribution in [0.25, 0.3) is 0 Å². The van der Waals surface area contributed by atoms with E-state index < -0.39 is 33.6 Å². The van der Waals surface area contributed by atoms with E-state index in [9.17, 15) is 26.4 Å². The lowest BCUT2D eigenvalue weighted by Crippen LogP contribution is -2.44. The van der Waals surface area contributed by atoms with Crippen molar-refractivity contribution >= 4 is 15.7 Å². The van der Waals surface area contributed by atoms with Gasteiger partial charge in [-0.15, -0.1) is 0 Å². The lowest BCUT2D eigenvalue weighted by atomic mass is 9.98. The zero-order chi connectivity index (χ0) is 17.9. The molecule has 0 aromatic heterocycles. The normalized spacial score (nSPS) is 18.9. The molecule has 1 fully saturated rings. The molecule has 1 aromatic carbocycles. The third kappa shape index (κ3) is 4.49. The highest BCUT2D eigenvalue weighted by molar-refractivity contribution is 7.90. The second-order valence-corrected chi connectivity index (χ2v) is 8.34. The summed E-state index contributed by atoms with van der Waals surface area (Å²) in [6, 6.07) is 3.04. The van der Waals surface area contributed by atoms with Crippen molar-refractivity contribution in [1.82, 2.24) is 4.90 Å². The van der Waals surface area contributed by atoms with Crippen LogP contribution in [0.2, 0.25) is 0 Å². The van der Waals surface area contributed by atoms with Crippen molar-refractivity contribution in [3.05, 3.63) is 35.1 Å². The number of halogens is 3. The van der Waals surface area contributed by atoms with Crippen molar-refractivity contribution in [2.75, 3.05) is 18.6 Å². The number of alkyl halides is 2. The molecule has 0 N–H and O–H groups in total. The number of hydrogen-bond acceptors (Lipinski definition) is 3. The minimum atomic E-state index is -3.17. The molecule has 1 aromatic rings. The number of sulfone groups is 1. The number of hydrogen-bond donors (Lipinski definition) is 0. The molecular weight excluding hydrogens is 343 g/mol. The molecule has 24 heavy (non-hydrogen) atoms. The van der Waals surface area contributed by atoms with Gasteiger partial charge < -0.3 is 4.90 Å². The average Bonchev–Trinajstić information content (AvgIpc) is 2.52. The average molecular weight is 363 g/mol. The zero-order valence-corrected chi connectivity index (χ0v) is 14.2. The lowest BCUT2D eigenvalue weighted by Gasteiger charge is -2.36. The number of nitrogens with zero attached hydrogens (tertiary/aromatic N) is 1. The van der Waals surface area contributed by atoms with Gasteiger partial charge in [0.15, 0.2) is 0 Å². The smallest absolute Gasteiger partial charge is 0.266 e. The first kappa shape index (κ1) is 18.8. The second-order valence-electron chi connectivity index (χ2n) is 6.08. The van der Waals surface area contributed by atoms with E-state index in [-0.39, 0.29) is 23.8 Å². The van der Waals surface area contributed by atoms with Gasteiger partial charge in [0, 0.05) is 18.8 Å². The van der Waals surface area contributed by atoms with Crippen molar-refractivity contribution in [3.8, 4) is 0 Å². The molecular formula is C16H20F3NO3S. The molecule has 0 spiro atoms. The highest BCUT2D eigenvalue weighted by atomic mass is 32.2. The summed E-state index contributed by atoms with van der Waals surface area (Å²) in [7, 11) is -3.17. The number of benzene rings is 1. The van der Waals surface area contributed by atoms with Crippen molar-refractivity contribution < 1.29 is 26.4 Å². The predicted molar refractivity (Wildman–Crippen MR) is 84.4 cm³/mol. The van der Waals surface area contributed by atoms with Crippen LogP contribution in [-0.2, 0) is 9.84 Å². The Labute approximate surface area is 139 Å². The van der Waals surface area contributed by atoms with Crippen LogP contribution < -0.4 is 0 Å². The van der Waals surface area contributed by atoms with Crippen molar-refractivity contribution in [2.24, 2.45) is 0 Å². The van der Waals surface area contributed by atoms with E-state index in [0.717, 1.165) is 25.2 Å². The maximum absolute atomic E-state index is 14.2. The van der Waals surface area contributed by atoms with Crippen LogP contribution in [0.15, 0.2) is 18.2 Å². The third-order valence-corrected chi connectivity index (χ3v) is 5.18. The van der Waals surface area contributed by atoms with E-state index in [4.69, 9.17) is 0 Å². The number of carbonyl (C=O) groups excluding carboxylic acids is 1. The molecule has 4 nitrogen and oxygen atoms in total. The van der Waals surface area contributed by atoms with Crippen LogP contribution in [0.3, 0.4) is 0 Å². The molecule has 2 rings (SSSR count). The lowest BCUT2D eigenvalue weighted by molar-refractivity contribution is 0.0602. The summed E-state index contributed by atoms with van der Waals surface area (Å²) in [5, 5.41) is 0. The summed E-state index contributed by atoms with van der Waals surface area (Å²) in [6.07, 6.45) is 0.571. The maximum atomic E-state index is 14.2. The van der Waals surface area contributed by atoms with Crippen LogP contribution in [0.4, 0.5) is 13.2 Å². The van der Waals surface area contributed by atoms with Crippen molar-refractivity contribution in [2.45, 2.75) is 38.2 Å². The molecule has 134 valence electrons. The monoisotopic (exact) mass is 363 g/mol. The number of likely N-dealkylation sites (tertiary alicyclic amines) is 1. The zero-order valence-electron chi connectivity index (χ0n) is 13.3. The van der Waals surface area contributed by atoms with Gasteiger partial charge in [-0.3, -0.25) is 4.79 Å². The first-order valence-corrected chi connectivity index (χ1v) is 9.82. The Bertz CT molecular complexity index is 707. The van der Waals surface area contributed by atoms with Gasteiger partial charge in [-0.05, 0) is 31.7 Å². The molecule has 1 heterocycles. The highest BCUT2D eigenvalue weighted by Gasteiger charge is 2.30. The molecule has 0 aliphatic carbocycles. The van der Waals surface area contributed by atoms with E-state index >= 15 is 0 Å². The minimum absolute atomic E-state index is 0.0684. The van der Waals surface area contributed by atoms with Crippen molar-refractivity contribution in [3.63, 3.8) is 0 Å². The van der Waals surface area contributed by atoms with E-state index in [1.807, 2.05) is 0 Å². The Hall–Kier alpha value is -1.57. The van der Waals surface area contributed by atoms with Gasteiger partial charge in [-0.1, -0.05) is 12.1 Å². The minimum Gasteiger partial charge on any atom is -0.336 e.